The van der Waals surface area contributed by atoms with E-state index in [2.05, 4.69) is 18.7 Å². The first-order chi connectivity index (χ1) is 14.8. The summed E-state index contributed by atoms with van der Waals surface area (Å²) in [6.07, 6.45) is 6.47. The highest BCUT2D eigenvalue weighted by Gasteiger charge is 2.45. The van der Waals surface area contributed by atoms with Crippen molar-refractivity contribution in [3.8, 4) is 5.75 Å². The van der Waals surface area contributed by atoms with Gasteiger partial charge in [-0.2, -0.15) is 0 Å². The second kappa shape index (κ2) is 9.05. The molecule has 0 aromatic heterocycles. The van der Waals surface area contributed by atoms with Gasteiger partial charge in [-0.05, 0) is 62.6 Å². The summed E-state index contributed by atoms with van der Waals surface area (Å²) in [7, 11) is 0. The van der Waals surface area contributed by atoms with Crippen LogP contribution < -0.4 is 4.74 Å². The van der Waals surface area contributed by atoms with Crippen LogP contribution in [0.2, 0.25) is 0 Å². The van der Waals surface area contributed by atoms with E-state index in [1.807, 2.05) is 38.1 Å². The number of benzene rings is 1. The van der Waals surface area contributed by atoms with E-state index in [9.17, 15) is 9.59 Å². The van der Waals surface area contributed by atoms with Gasteiger partial charge in [0.15, 0.2) is 0 Å². The molecule has 2 atom stereocenters. The van der Waals surface area contributed by atoms with E-state index in [0.29, 0.717) is 23.1 Å². The standard InChI is InChI=1S/C26H36N2O3/c1-17(2)31-22-12-10-20(11-13-22)23-24(27-15-18(3)14-19(4)16-27)26(30)28(25(23)29)21-8-6-5-7-9-21/h10-13,17-19,21H,5-9,14-16H2,1-4H3. The maximum atomic E-state index is 13.7. The molecule has 2 amide bonds. The number of piperidine rings is 1. The molecule has 1 aliphatic carbocycles. The first-order valence-corrected chi connectivity index (χ1v) is 12.0. The van der Waals surface area contributed by atoms with Crippen molar-refractivity contribution in [2.45, 2.75) is 78.4 Å². The normalized spacial score (nSPS) is 25.7. The van der Waals surface area contributed by atoms with Gasteiger partial charge >= 0.3 is 0 Å². The third kappa shape index (κ3) is 4.51. The molecule has 1 saturated heterocycles. The Balaban J connectivity index is 1.72. The number of hydrogen-bond acceptors (Lipinski definition) is 4. The molecule has 1 saturated carbocycles. The van der Waals surface area contributed by atoms with Gasteiger partial charge in [-0.15, -0.1) is 0 Å². The van der Waals surface area contributed by atoms with Crippen molar-refractivity contribution in [3.63, 3.8) is 0 Å². The summed E-state index contributed by atoms with van der Waals surface area (Å²) in [5.41, 5.74) is 2.01. The molecule has 1 aromatic rings. The summed E-state index contributed by atoms with van der Waals surface area (Å²) in [4.78, 5) is 31.2. The number of amides is 2. The van der Waals surface area contributed by atoms with Crippen molar-refractivity contribution >= 4 is 17.4 Å². The van der Waals surface area contributed by atoms with Gasteiger partial charge in [-0.3, -0.25) is 14.5 Å². The van der Waals surface area contributed by atoms with E-state index in [4.69, 9.17) is 4.74 Å². The molecular weight excluding hydrogens is 388 g/mol. The number of carbonyl (C=O) groups is 2. The summed E-state index contributed by atoms with van der Waals surface area (Å²) in [5.74, 6) is 1.59. The van der Waals surface area contributed by atoms with Gasteiger partial charge in [0.2, 0.25) is 0 Å². The molecule has 5 nitrogen and oxygen atoms in total. The van der Waals surface area contributed by atoms with Crippen LogP contribution >= 0.6 is 0 Å². The SMILES string of the molecule is CC1CC(C)CN(C2=C(c3ccc(OC(C)C)cc3)C(=O)N(C3CCCCC3)C2=O)C1. The van der Waals surface area contributed by atoms with Crippen molar-refractivity contribution in [1.29, 1.82) is 0 Å². The fourth-order valence-electron chi connectivity index (χ4n) is 5.58. The van der Waals surface area contributed by atoms with Gasteiger partial charge in [0.05, 0.1) is 11.7 Å². The topological polar surface area (TPSA) is 49.9 Å². The third-order valence-corrected chi connectivity index (χ3v) is 6.73. The first-order valence-electron chi connectivity index (χ1n) is 12.0. The highest BCUT2D eigenvalue weighted by Crippen LogP contribution is 2.38. The molecule has 5 heteroatoms. The summed E-state index contributed by atoms with van der Waals surface area (Å²) < 4.78 is 5.78. The minimum atomic E-state index is -0.115. The number of rotatable bonds is 5. The smallest absolute Gasteiger partial charge is 0.278 e. The van der Waals surface area contributed by atoms with E-state index in [-0.39, 0.29) is 24.0 Å². The quantitative estimate of drug-likeness (QED) is 0.633. The third-order valence-electron chi connectivity index (χ3n) is 6.73. The van der Waals surface area contributed by atoms with Crippen LogP contribution in [-0.2, 0) is 9.59 Å². The molecule has 2 aliphatic heterocycles. The minimum absolute atomic E-state index is 0.0319. The molecular formula is C26H36N2O3. The van der Waals surface area contributed by atoms with Crippen LogP contribution in [-0.4, -0.2) is 46.8 Å². The lowest BCUT2D eigenvalue weighted by molar-refractivity contribution is -0.141. The minimum Gasteiger partial charge on any atom is -0.491 e. The number of likely N-dealkylation sites (tertiary alicyclic amines) is 1. The van der Waals surface area contributed by atoms with E-state index < -0.39 is 0 Å². The van der Waals surface area contributed by atoms with E-state index in [1.54, 1.807) is 4.90 Å². The summed E-state index contributed by atoms with van der Waals surface area (Å²) in [5, 5.41) is 0. The first kappa shape index (κ1) is 21.9. The van der Waals surface area contributed by atoms with Gasteiger partial charge in [0.1, 0.15) is 11.4 Å². The largest absolute Gasteiger partial charge is 0.491 e. The number of hydrogen-bond donors (Lipinski definition) is 0. The average molecular weight is 425 g/mol. The number of nitrogens with zero attached hydrogens (tertiary/aromatic N) is 2. The zero-order valence-electron chi connectivity index (χ0n) is 19.4. The predicted molar refractivity (Wildman–Crippen MR) is 122 cm³/mol. The van der Waals surface area contributed by atoms with Crippen LogP contribution in [0.15, 0.2) is 30.0 Å². The number of imide groups is 1. The Hall–Kier alpha value is -2.30. The summed E-state index contributed by atoms with van der Waals surface area (Å²) in [6.45, 7) is 10.1. The Labute approximate surface area is 186 Å². The van der Waals surface area contributed by atoms with Gasteiger partial charge in [0, 0.05) is 19.1 Å². The maximum Gasteiger partial charge on any atom is 0.278 e. The Kier molecular flexibility index (Phi) is 6.40. The predicted octanol–water partition coefficient (Wildman–Crippen LogP) is 4.86. The van der Waals surface area contributed by atoms with Crippen molar-refractivity contribution in [1.82, 2.24) is 9.80 Å². The Bertz CT molecular complexity index is 842. The molecule has 2 unspecified atom stereocenters. The highest BCUT2D eigenvalue weighted by molar-refractivity contribution is 6.35. The monoisotopic (exact) mass is 424 g/mol. The fraction of sp³-hybridized carbons (Fsp3) is 0.615. The Morgan fingerprint density at radius 3 is 2.10 bits per heavy atom. The molecule has 4 rings (SSSR count). The molecule has 0 bridgehead atoms. The fourth-order valence-corrected chi connectivity index (χ4v) is 5.58. The zero-order chi connectivity index (χ0) is 22.1. The van der Waals surface area contributed by atoms with Crippen LogP contribution in [0.3, 0.4) is 0 Å². The average Bonchev–Trinajstić information content (AvgIpc) is 2.98. The molecule has 31 heavy (non-hydrogen) atoms. The Morgan fingerprint density at radius 1 is 0.903 bits per heavy atom. The number of carbonyl (C=O) groups excluding carboxylic acids is 2. The molecule has 0 radical (unpaired) electrons. The molecule has 3 aliphatic rings. The van der Waals surface area contributed by atoms with Gasteiger partial charge in [0.25, 0.3) is 11.8 Å². The van der Waals surface area contributed by atoms with E-state index >= 15 is 0 Å². The van der Waals surface area contributed by atoms with Crippen LogP contribution in [0.25, 0.3) is 5.57 Å². The van der Waals surface area contributed by atoms with Crippen LogP contribution in [0.4, 0.5) is 0 Å². The second-order valence-electron chi connectivity index (χ2n) is 10.0. The number of ether oxygens (including phenoxy) is 1. The molecule has 2 fully saturated rings. The molecule has 0 spiro atoms. The van der Waals surface area contributed by atoms with Crippen molar-refractivity contribution in [2.24, 2.45) is 11.8 Å². The zero-order valence-corrected chi connectivity index (χ0v) is 19.4. The van der Waals surface area contributed by atoms with E-state index in [1.165, 1.54) is 6.42 Å². The summed E-state index contributed by atoms with van der Waals surface area (Å²) in [6, 6.07) is 7.70. The molecule has 2 heterocycles. The van der Waals surface area contributed by atoms with Crippen molar-refractivity contribution in [2.75, 3.05) is 13.1 Å². The van der Waals surface area contributed by atoms with Crippen molar-refractivity contribution in [3.05, 3.63) is 35.5 Å². The Morgan fingerprint density at radius 2 is 1.52 bits per heavy atom. The highest BCUT2D eigenvalue weighted by atomic mass is 16.5. The van der Waals surface area contributed by atoms with Gasteiger partial charge in [-0.25, -0.2) is 0 Å². The van der Waals surface area contributed by atoms with Crippen LogP contribution in [0.1, 0.15) is 71.8 Å². The summed E-state index contributed by atoms with van der Waals surface area (Å²) >= 11 is 0. The van der Waals surface area contributed by atoms with Crippen molar-refractivity contribution < 1.29 is 14.3 Å². The lowest BCUT2D eigenvalue weighted by atomic mass is 9.91. The second-order valence-corrected chi connectivity index (χ2v) is 10.0. The van der Waals surface area contributed by atoms with E-state index in [0.717, 1.165) is 56.5 Å². The van der Waals surface area contributed by atoms with Crippen LogP contribution in [0.5, 0.6) is 5.75 Å². The van der Waals surface area contributed by atoms with Gasteiger partial charge < -0.3 is 9.64 Å². The molecule has 0 N–H and O–H groups in total. The lowest BCUT2D eigenvalue weighted by Gasteiger charge is -2.37. The van der Waals surface area contributed by atoms with Crippen LogP contribution in [0, 0.1) is 11.8 Å². The lowest BCUT2D eigenvalue weighted by Crippen LogP contribution is -2.45. The molecule has 168 valence electrons. The molecule has 1 aromatic carbocycles. The van der Waals surface area contributed by atoms with Gasteiger partial charge in [-0.1, -0.05) is 45.2 Å². The maximum absolute atomic E-state index is 13.7.